The molecule has 7 aromatic rings. The first-order valence-electron chi connectivity index (χ1n) is 14.0. The molecule has 7 aromatic carbocycles. The molecular weight excluding hydrogens is 482 g/mol. The van der Waals surface area contributed by atoms with Gasteiger partial charge in [-0.3, -0.25) is 0 Å². The minimum atomic E-state index is -0.114. The zero-order valence-electron chi connectivity index (χ0n) is 22.7. The van der Waals surface area contributed by atoms with E-state index in [0.29, 0.717) is 0 Å². The average molecular weight is 512 g/mol. The van der Waals surface area contributed by atoms with E-state index in [1.54, 1.807) is 0 Å². The number of hydrogen-bond donors (Lipinski definition) is 0. The van der Waals surface area contributed by atoms with Gasteiger partial charge in [0.2, 0.25) is 0 Å². The van der Waals surface area contributed by atoms with Crippen LogP contribution >= 0.6 is 0 Å². The summed E-state index contributed by atoms with van der Waals surface area (Å²) in [6.45, 7) is 4.80. The third-order valence-electron chi connectivity index (χ3n) is 8.77. The maximum atomic E-state index is 2.40. The fraction of sp³-hybridized carbons (Fsp3) is 0.0769. The molecule has 0 saturated carbocycles. The van der Waals surface area contributed by atoms with Crippen LogP contribution in [0.1, 0.15) is 25.0 Å². The summed E-state index contributed by atoms with van der Waals surface area (Å²) in [6, 6.07) is 50.9. The molecule has 190 valence electrons. The molecule has 40 heavy (non-hydrogen) atoms. The van der Waals surface area contributed by atoms with Gasteiger partial charge in [0.25, 0.3) is 0 Å². The second-order valence-electron chi connectivity index (χ2n) is 11.4. The summed E-state index contributed by atoms with van der Waals surface area (Å²) in [5, 5.41) is 7.91. The molecule has 1 heteroatoms. The van der Waals surface area contributed by atoms with Crippen LogP contribution in [0.15, 0.2) is 140 Å². The molecule has 8 rings (SSSR count). The standard InChI is InChI=1S/C39H29N/c1-39(2)35-24-21-26-13-9-10-18-30(26)36(35)37-32-20-12-11-19-31(32)34-25-29(22-23-33(34)38(37)39)40(27-14-5-3-6-15-27)28-16-7-4-8-17-28/h3-25H,1-2H3. The Balaban J connectivity index is 1.47. The van der Waals surface area contributed by atoms with Crippen molar-refractivity contribution in [2.24, 2.45) is 0 Å². The second kappa shape index (κ2) is 8.56. The van der Waals surface area contributed by atoms with Gasteiger partial charge in [0, 0.05) is 22.5 Å². The Morgan fingerprint density at radius 2 is 1.02 bits per heavy atom. The minimum Gasteiger partial charge on any atom is -0.310 e. The summed E-state index contributed by atoms with van der Waals surface area (Å²) in [6.07, 6.45) is 0. The Morgan fingerprint density at radius 1 is 0.425 bits per heavy atom. The largest absolute Gasteiger partial charge is 0.310 e. The fourth-order valence-electron chi connectivity index (χ4n) is 7.02. The van der Waals surface area contributed by atoms with Crippen LogP contribution in [0.3, 0.4) is 0 Å². The third kappa shape index (κ3) is 3.21. The summed E-state index contributed by atoms with van der Waals surface area (Å²) in [5.74, 6) is 0. The van der Waals surface area contributed by atoms with E-state index in [-0.39, 0.29) is 5.41 Å². The molecule has 0 atom stereocenters. The van der Waals surface area contributed by atoms with Crippen molar-refractivity contribution in [1.82, 2.24) is 0 Å². The highest BCUT2D eigenvalue weighted by Crippen LogP contribution is 2.56. The highest BCUT2D eigenvalue weighted by molar-refractivity contribution is 6.21. The van der Waals surface area contributed by atoms with Gasteiger partial charge >= 0.3 is 0 Å². The molecule has 0 spiro atoms. The van der Waals surface area contributed by atoms with E-state index in [1.165, 1.54) is 54.6 Å². The zero-order valence-corrected chi connectivity index (χ0v) is 22.7. The van der Waals surface area contributed by atoms with E-state index >= 15 is 0 Å². The van der Waals surface area contributed by atoms with Crippen LogP contribution in [0.5, 0.6) is 0 Å². The highest BCUT2D eigenvalue weighted by Gasteiger charge is 2.39. The van der Waals surface area contributed by atoms with Gasteiger partial charge in [-0.1, -0.05) is 117 Å². The Kier molecular flexibility index (Phi) is 4.93. The molecule has 0 radical (unpaired) electrons. The molecule has 1 aliphatic rings. The smallest absolute Gasteiger partial charge is 0.0468 e. The molecule has 1 nitrogen and oxygen atoms in total. The summed E-state index contributed by atoms with van der Waals surface area (Å²) < 4.78 is 0. The molecule has 0 bridgehead atoms. The molecule has 0 fully saturated rings. The van der Waals surface area contributed by atoms with Crippen LogP contribution in [0.4, 0.5) is 17.1 Å². The summed E-state index contributed by atoms with van der Waals surface area (Å²) in [7, 11) is 0. The molecule has 0 aliphatic heterocycles. The summed E-state index contributed by atoms with van der Waals surface area (Å²) in [4.78, 5) is 2.36. The number of rotatable bonds is 3. The number of nitrogens with zero attached hydrogens (tertiary/aromatic N) is 1. The summed E-state index contributed by atoms with van der Waals surface area (Å²) >= 11 is 0. The van der Waals surface area contributed by atoms with Gasteiger partial charge in [0.1, 0.15) is 0 Å². The number of benzene rings is 7. The molecule has 0 heterocycles. The third-order valence-corrected chi connectivity index (χ3v) is 8.77. The zero-order chi connectivity index (χ0) is 26.8. The molecule has 0 unspecified atom stereocenters. The topological polar surface area (TPSA) is 3.24 Å². The van der Waals surface area contributed by atoms with Crippen molar-refractivity contribution >= 4 is 49.4 Å². The van der Waals surface area contributed by atoms with Crippen LogP contribution < -0.4 is 4.90 Å². The van der Waals surface area contributed by atoms with E-state index in [9.17, 15) is 0 Å². The van der Waals surface area contributed by atoms with Gasteiger partial charge in [0.05, 0.1) is 0 Å². The monoisotopic (exact) mass is 511 g/mol. The lowest BCUT2D eigenvalue weighted by Gasteiger charge is -2.27. The van der Waals surface area contributed by atoms with Crippen molar-refractivity contribution in [3.63, 3.8) is 0 Å². The minimum absolute atomic E-state index is 0.114. The van der Waals surface area contributed by atoms with Gasteiger partial charge in [-0.25, -0.2) is 0 Å². The van der Waals surface area contributed by atoms with E-state index in [0.717, 1.165) is 17.1 Å². The first kappa shape index (κ1) is 23.0. The van der Waals surface area contributed by atoms with E-state index in [2.05, 4.69) is 158 Å². The molecular formula is C39H29N. The Hall–Kier alpha value is -4.88. The van der Waals surface area contributed by atoms with Crippen molar-refractivity contribution in [1.29, 1.82) is 0 Å². The van der Waals surface area contributed by atoms with Crippen molar-refractivity contribution in [2.75, 3.05) is 4.90 Å². The van der Waals surface area contributed by atoms with Crippen LogP contribution in [0.25, 0.3) is 43.4 Å². The van der Waals surface area contributed by atoms with Crippen molar-refractivity contribution in [2.45, 2.75) is 19.3 Å². The number of fused-ring (bicyclic) bond motifs is 10. The number of hydrogen-bond acceptors (Lipinski definition) is 1. The Morgan fingerprint density at radius 3 is 1.73 bits per heavy atom. The lowest BCUT2D eigenvalue weighted by atomic mass is 9.79. The lowest BCUT2D eigenvalue weighted by molar-refractivity contribution is 0.667. The SMILES string of the molecule is CC1(C)c2ccc3ccccc3c2-c2c1c1ccc(N(c3ccccc3)c3ccccc3)cc1c1ccccc21. The van der Waals surface area contributed by atoms with Gasteiger partial charge in [-0.15, -0.1) is 0 Å². The lowest BCUT2D eigenvalue weighted by Crippen LogP contribution is -2.16. The molecule has 0 N–H and O–H groups in total. The molecule has 0 aromatic heterocycles. The van der Waals surface area contributed by atoms with E-state index in [1.807, 2.05) is 0 Å². The van der Waals surface area contributed by atoms with Crippen molar-refractivity contribution < 1.29 is 0 Å². The fourth-order valence-corrected chi connectivity index (χ4v) is 7.02. The first-order chi connectivity index (χ1) is 19.6. The first-order valence-corrected chi connectivity index (χ1v) is 14.0. The van der Waals surface area contributed by atoms with Crippen molar-refractivity contribution in [3.05, 3.63) is 151 Å². The van der Waals surface area contributed by atoms with Gasteiger partial charge in [-0.2, -0.15) is 0 Å². The maximum absolute atomic E-state index is 2.40. The normalized spacial score (nSPS) is 13.4. The van der Waals surface area contributed by atoms with Crippen LogP contribution in [-0.2, 0) is 5.41 Å². The quantitative estimate of drug-likeness (QED) is 0.213. The summed E-state index contributed by atoms with van der Waals surface area (Å²) in [5.41, 5.74) is 9.00. The number of anilines is 3. The van der Waals surface area contributed by atoms with Crippen LogP contribution in [0.2, 0.25) is 0 Å². The van der Waals surface area contributed by atoms with Crippen LogP contribution in [-0.4, -0.2) is 0 Å². The van der Waals surface area contributed by atoms with Gasteiger partial charge in [0.15, 0.2) is 0 Å². The maximum Gasteiger partial charge on any atom is 0.0468 e. The Labute approximate surface area is 234 Å². The molecule has 0 saturated heterocycles. The van der Waals surface area contributed by atoms with E-state index in [4.69, 9.17) is 0 Å². The van der Waals surface area contributed by atoms with E-state index < -0.39 is 0 Å². The number of para-hydroxylation sites is 2. The van der Waals surface area contributed by atoms with Crippen LogP contribution in [0, 0.1) is 0 Å². The predicted molar refractivity (Wildman–Crippen MR) is 171 cm³/mol. The van der Waals surface area contributed by atoms with Gasteiger partial charge in [-0.05, 0) is 91.0 Å². The highest BCUT2D eigenvalue weighted by atomic mass is 15.1. The predicted octanol–water partition coefficient (Wildman–Crippen LogP) is 10.9. The average Bonchev–Trinajstić information content (AvgIpc) is 3.26. The molecule has 1 aliphatic carbocycles. The molecule has 0 amide bonds. The second-order valence-corrected chi connectivity index (χ2v) is 11.4. The van der Waals surface area contributed by atoms with Crippen molar-refractivity contribution in [3.8, 4) is 11.1 Å². The van der Waals surface area contributed by atoms with Gasteiger partial charge < -0.3 is 4.90 Å². The Bertz CT molecular complexity index is 2030.